The Balaban J connectivity index is 2.11. The number of rotatable bonds is 5. The van der Waals surface area contributed by atoms with Crippen LogP contribution in [0.2, 0.25) is 0 Å². The topological polar surface area (TPSA) is 62.5 Å². The molecule has 1 unspecified atom stereocenters. The summed E-state index contributed by atoms with van der Waals surface area (Å²) in [7, 11) is 1.48. The fraction of sp³-hybridized carbons (Fsp3) is 0.235. The maximum absolute atomic E-state index is 13.1. The molecule has 0 aliphatic carbocycles. The number of methoxy groups -OCH3 is 1. The van der Waals surface area contributed by atoms with Crippen molar-refractivity contribution in [2.75, 3.05) is 13.7 Å². The number of hydrogen-bond acceptors (Lipinski definition) is 4. The Morgan fingerprint density at radius 2 is 2.00 bits per heavy atom. The van der Waals surface area contributed by atoms with Crippen LogP contribution in [0.25, 0.3) is 0 Å². The lowest BCUT2D eigenvalue weighted by molar-refractivity contribution is 0.106. The minimum atomic E-state index is -0.888. The van der Waals surface area contributed by atoms with E-state index in [4.69, 9.17) is 14.7 Å². The summed E-state index contributed by atoms with van der Waals surface area (Å²) < 4.78 is 23.8. The van der Waals surface area contributed by atoms with Crippen LogP contribution < -0.4 is 9.47 Å². The molecule has 2 rings (SSSR count). The predicted molar refractivity (Wildman–Crippen MR) is 79.3 cm³/mol. The van der Waals surface area contributed by atoms with Crippen molar-refractivity contribution in [3.8, 4) is 17.6 Å². The molecule has 0 amide bonds. The predicted octanol–water partition coefficient (Wildman–Crippen LogP) is 3.13. The Labute approximate surface area is 128 Å². The smallest absolute Gasteiger partial charge is 0.162 e. The molecule has 0 saturated heterocycles. The Morgan fingerprint density at radius 3 is 2.64 bits per heavy atom. The number of benzene rings is 2. The molecule has 0 aromatic heterocycles. The number of aliphatic hydroxyl groups excluding tert-OH is 1. The van der Waals surface area contributed by atoms with Crippen molar-refractivity contribution in [1.82, 2.24) is 0 Å². The van der Waals surface area contributed by atoms with Crippen LogP contribution >= 0.6 is 0 Å². The van der Waals surface area contributed by atoms with Gasteiger partial charge in [0.15, 0.2) is 11.5 Å². The van der Waals surface area contributed by atoms with E-state index < -0.39 is 6.10 Å². The summed E-state index contributed by atoms with van der Waals surface area (Å²) in [6, 6.07) is 11.0. The first-order valence-electron chi connectivity index (χ1n) is 6.70. The van der Waals surface area contributed by atoms with Gasteiger partial charge in [-0.2, -0.15) is 5.26 Å². The first kappa shape index (κ1) is 15.8. The van der Waals surface area contributed by atoms with Gasteiger partial charge in [-0.25, -0.2) is 4.39 Å². The quantitative estimate of drug-likeness (QED) is 0.921. The average molecular weight is 301 g/mol. The third-order valence-corrected chi connectivity index (χ3v) is 3.28. The molecule has 0 aliphatic heterocycles. The molecule has 22 heavy (non-hydrogen) atoms. The maximum atomic E-state index is 13.1. The molecule has 0 fully saturated rings. The molecule has 0 aliphatic rings. The van der Waals surface area contributed by atoms with Crippen molar-refractivity contribution in [3.05, 3.63) is 58.9 Å². The molecule has 4 nitrogen and oxygen atoms in total. The van der Waals surface area contributed by atoms with E-state index in [0.29, 0.717) is 28.2 Å². The summed E-state index contributed by atoms with van der Waals surface area (Å²) >= 11 is 0. The van der Waals surface area contributed by atoms with Gasteiger partial charge in [0.05, 0.1) is 18.7 Å². The highest BCUT2D eigenvalue weighted by Gasteiger charge is 2.14. The van der Waals surface area contributed by atoms with Gasteiger partial charge >= 0.3 is 0 Å². The van der Waals surface area contributed by atoms with Crippen LogP contribution in [0.15, 0.2) is 36.4 Å². The molecule has 2 aromatic carbocycles. The van der Waals surface area contributed by atoms with E-state index in [1.165, 1.54) is 25.3 Å². The number of nitriles is 1. The molecule has 0 radical (unpaired) electrons. The summed E-state index contributed by atoms with van der Waals surface area (Å²) in [6.07, 6.45) is -0.888. The van der Waals surface area contributed by atoms with Gasteiger partial charge in [0.25, 0.3) is 0 Å². The maximum Gasteiger partial charge on any atom is 0.162 e. The molecular formula is C17H16FNO3. The van der Waals surface area contributed by atoms with E-state index >= 15 is 0 Å². The molecule has 2 aromatic rings. The highest BCUT2D eigenvalue weighted by molar-refractivity contribution is 5.46. The summed E-state index contributed by atoms with van der Waals surface area (Å²) in [5.74, 6) is 0.505. The van der Waals surface area contributed by atoms with Gasteiger partial charge in [-0.3, -0.25) is 0 Å². The highest BCUT2D eigenvalue weighted by Crippen LogP contribution is 2.29. The van der Waals surface area contributed by atoms with E-state index in [-0.39, 0.29) is 12.4 Å². The van der Waals surface area contributed by atoms with E-state index in [1.807, 2.05) is 6.07 Å². The van der Waals surface area contributed by atoms with E-state index in [2.05, 4.69) is 0 Å². The van der Waals surface area contributed by atoms with Gasteiger partial charge in [0, 0.05) is 6.07 Å². The Hall–Kier alpha value is -2.58. The second-order valence-electron chi connectivity index (χ2n) is 4.81. The molecule has 1 atom stereocenters. The van der Waals surface area contributed by atoms with Gasteiger partial charge in [-0.15, -0.1) is 0 Å². The zero-order chi connectivity index (χ0) is 16.1. The SMILES string of the molecule is COc1cc(C#N)ccc1OCC(O)c1ccc(F)cc1C. The van der Waals surface area contributed by atoms with Gasteiger partial charge in [0.2, 0.25) is 0 Å². The minimum absolute atomic E-state index is 0.00523. The highest BCUT2D eigenvalue weighted by atomic mass is 19.1. The van der Waals surface area contributed by atoms with Crippen molar-refractivity contribution < 1.29 is 19.0 Å². The van der Waals surface area contributed by atoms with Gasteiger partial charge < -0.3 is 14.6 Å². The van der Waals surface area contributed by atoms with Crippen LogP contribution in [0.3, 0.4) is 0 Å². The summed E-state index contributed by atoms with van der Waals surface area (Å²) in [6.45, 7) is 1.72. The second-order valence-corrected chi connectivity index (χ2v) is 4.81. The van der Waals surface area contributed by atoms with E-state index in [1.54, 1.807) is 25.1 Å². The number of ether oxygens (including phenoxy) is 2. The molecule has 5 heteroatoms. The molecule has 0 heterocycles. The number of aryl methyl sites for hydroxylation is 1. The van der Waals surface area contributed by atoms with Crippen LogP contribution in [0.1, 0.15) is 22.8 Å². The van der Waals surface area contributed by atoms with Crippen LogP contribution in [0.4, 0.5) is 4.39 Å². The van der Waals surface area contributed by atoms with Crippen molar-refractivity contribution in [3.63, 3.8) is 0 Å². The number of nitrogens with zero attached hydrogens (tertiary/aromatic N) is 1. The summed E-state index contributed by atoms with van der Waals surface area (Å²) in [5.41, 5.74) is 1.72. The largest absolute Gasteiger partial charge is 0.493 e. The van der Waals surface area contributed by atoms with E-state index in [9.17, 15) is 9.50 Å². The van der Waals surface area contributed by atoms with Crippen LogP contribution in [0, 0.1) is 24.1 Å². The van der Waals surface area contributed by atoms with Gasteiger partial charge in [-0.05, 0) is 42.3 Å². The molecular weight excluding hydrogens is 285 g/mol. The summed E-state index contributed by atoms with van der Waals surface area (Å²) in [4.78, 5) is 0. The van der Waals surface area contributed by atoms with Crippen LogP contribution in [-0.4, -0.2) is 18.8 Å². The fourth-order valence-corrected chi connectivity index (χ4v) is 2.13. The van der Waals surface area contributed by atoms with Crippen molar-refractivity contribution in [2.45, 2.75) is 13.0 Å². The van der Waals surface area contributed by atoms with Gasteiger partial charge in [0.1, 0.15) is 18.5 Å². The van der Waals surface area contributed by atoms with Crippen molar-refractivity contribution >= 4 is 0 Å². The zero-order valence-corrected chi connectivity index (χ0v) is 12.3. The molecule has 0 saturated carbocycles. The number of halogens is 1. The second kappa shape index (κ2) is 6.92. The molecule has 0 bridgehead atoms. The average Bonchev–Trinajstić information content (AvgIpc) is 2.52. The number of hydrogen-bond donors (Lipinski definition) is 1. The Morgan fingerprint density at radius 1 is 1.23 bits per heavy atom. The Kier molecular flexibility index (Phi) is 4.97. The van der Waals surface area contributed by atoms with Crippen LogP contribution in [-0.2, 0) is 0 Å². The lowest BCUT2D eigenvalue weighted by Gasteiger charge is -2.16. The molecule has 0 spiro atoms. The van der Waals surface area contributed by atoms with E-state index in [0.717, 1.165) is 0 Å². The zero-order valence-electron chi connectivity index (χ0n) is 12.3. The number of aliphatic hydroxyl groups is 1. The van der Waals surface area contributed by atoms with Crippen molar-refractivity contribution in [2.24, 2.45) is 0 Å². The summed E-state index contributed by atoms with van der Waals surface area (Å²) in [5, 5.41) is 19.0. The fourth-order valence-electron chi connectivity index (χ4n) is 2.13. The first-order valence-corrected chi connectivity index (χ1v) is 6.70. The monoisotopic (exact) mass is 301 g/mol. The lowest BCUT2D eigenvalue weighted by atomic mass is 10.0. The third-order valence-electron chi connectivity index (χ3n) is 3.28. The minimum Gasteiger partial charge on any atom is -0.493 e. The molecule has 114 valence electrons. The Bertz CT molecular complexity index is 710. The van der Waals surface area contributed by atoms with Gasteiger partial charge in [-0.1, -0.05) is 6.07 Å². The third kappa shape index (κ3) is 3.54. The van der Waals surface area contributed by atoms with Crippen molar-refractivity contribution in [1.29, 1.82) is 5.26 Å². The molecule has 1 N–H and O–H groups in total. The lowest BCUT2D eigenvalue weighted by Crippen LogP contribution is -2.11. The normalized spacial score (nSPS) is 11.6. The standard InChI is InChI=1S/C17H16FNO3/c1-11-7-13(18)4-5-14(11)15(20)10-22-16-6-3-12(9-19)8-17(16)21-2/h3-8,15,20H,10H2,1-2H3. The van der Waals surface area contributed by atoms with Crippen LogP contribution in [0.5, 0.6) is 11.5 Å². The first-order chi connectivity index (χ1) is 10.5.